The van der Waals surface area contributed by atoms with Crippen LogP contribution in [-0.4, -0.2) is 17.9 Å². The molecule has 0 aliphatic rings. The Morgan fingerprint density at radius 1 is 1.11 bits per heavy atom. The third kappa shape index (κ3) is 4.25. The molecule has 0 saturated heterocycles. The lowest BCUT2D eigenvalue weighted by Gasteiger charge is -2.11. The lowest BCUT2D eigenvalue weighted by molar-refractivity contribution is 0.408. The minimum absolute atomic E-state index is 0.615. The second kappa shape index (κ2) is 8.44. The molecule has 1 aromatic heterocycles. The zero-order valence-electron chi connectivity index (χ0n) is 16.1. The van der Waals surface area contributed by atoms with Gasteiger partial charge in [0.1, 0.15) is 5.75 Å². The van der Waals surface area contributed by atoms with E-state index in [1.54, 1.807) is 7.11 Å². The average molecular weight is 426 g/mol. The first-order valence-electron chi connectivity index (χ1n) is 8.84. The normalized spacial score (nSPS) is 11.1. The standard InChI is InChI=1S/C22H24BrN3O/c1-15-9-10-20(12-21(15)23)26-16(2)11-19(17(26)3)14-25-24-13-18-7-5-6-8-22(18)27-4/h5-12,14,24H,13H2,1-4H3/b25-14+. The van der Waals surface area contributed by atoms with Crippen LogP contribution in [0.5, 0.6) is 5.75 Å². The topological polar surface area (TPSA) is 38.5 Å². The number of hydrazone groups is 1. The Hall–Kier alpha value is -2.53. The van der Waals surface area contributed by atoms with E-state index in [4.69, 9.17) is 4.74 Å². The fourth-order valence-corrected chi connectivity index (χ4v) is 3.50. The zero-order chi connectivity index (χ0) is 19.4. The van der Waals surface area contributed by atoms with E-state index in [2.05, 4.69) is 76.1 Å². The van der Waals surface area contributed by atoms with Crippen LogP contribution in [0.1, 0.15) is 28.1 Å². The maximum absolute atomic E-state index is 5.37. The van der Waals surface area contributed by atoms with Gasteiger partial charge < -0.3 is 14.7 Å². The summed E-state index contributed by atoms with van der Waals surface area (Å²) in [5.74, 6) is 0.864. The van der Waals surface area contributed by atoms with Crippen molar-refractivity contribution in [3.8, 4) is 11.4 Å². The van der Waals surface area contributed by atoms with Crippen LogP contribution in [0.3, 0.4) is 0 Å². The molecule has 4 nitrogen and oxygen atoms in total. The molecule has 0 atom stereocenters. The highest BCUT2D eigenvalue weighted by Crippen LogP contribution is 2.24. The van der Waals surface area contributed by atoms with E-state index in [0.717, 1.165) is 32.7 Å². The number of ether oxygens (including phenoxy) is 1. The first-order valence-corrected chi connectivity index (χ1v) is 9.64. The smallest absolute Gasteiger partial charge is 0.123 e. The van der Waals surface area contributed by atoms with Gasteiger partial charge in [-0.2, -0.15) is 5.10 Å². The molecule has 140 valence electrons. The van der Waals surface area contributed by atoms with Crippen LogP contribution in [0.15, 0.2) is 58.1 Å². The van der Waals surface area contributed by atoms with Gasteiger partial charge in [0.15, 0.2) is 0 Å². The van der Waals surface area contributed by atoms with Crippen molar-refractivity contribution < 1.29 is 4.74 Å². The Labute approximate surface area is 169 Å². The summed E-state index contributed by atoms with van der Waals surface area (Å²) in [5.41, 5.74) is 9.98. The number of halogens is 1. The van der Waals surface area contributed by atoms with Gasteiger partial charge in [0.25, 0.3) is 0 Å². The predicted molar refractivity (Wildman–Crippen MR) is 115 cm³/mol. The van der Waals surface area contributed by atoms with Crippen molar-refractivity contribution in [1.82, 2.24) is 9.99 Å². The monoisotopic (exact) mass is 425 g/mol. The molecule has 0 amide bonds. The molecule has 1 heterocycles. The number of nitrogens with one attached hydrogen (secondary N) is 1. The zero-order valence-corrected chi connectivity index (χ0v) is 17.7. The number of aromatic nitrogens is 1. The minimum atomic E-state index is 0.615. The second-order valence-corrected chi connectivity index (χ2v) is 7.35. The molecule has 0 saturated carbocycles. The van der Waals surface area contributed by atoms with E-state index in [0.29, 0.717) is 6.54 Å². The summed E-state index contributed by atoms with van der Waals surface area (Å²) in [6, 6.07) is 16.5. The highest BCUT2D eigenvalue weighted by Gasteiger charge is 2.10. The quantitative estimate of drug-likeness (QED) is 0.429. The van der Waals surface area contributed by atoms with Gasteiger partial charge >= 0.3 is 0 Å². The van der Waals surface area contributed by atoms with Crippen LogP contribution < -0.4 is 10.2 Å². The molecule has 0 radical (unpaired) electrons. The summed E-state index contributed by atoms with van der Waals surface area (Å²) in [5, 5.41) is 4.40. The van der Waals surface area contributed by atoms with E-state index in [-0.39, 0.29) is 0 Å². The number of aryl methyl sites for hydroxylation is 2. The molecule has 1 N–H and O–H groups in total. The fraction of sp³-hybridized carbons (Fsp3) is 0.227. The third-order valence-corrected chi connectivity index (χ3v) is 5.50. The Morgan fingerprint density at radius 2 is 1.89 bits per heavy atom. The summed E-state index contributed by atoms with van der Waals surface area (Å²) in [6.07, 6.45) is 1.87. The maximum atomic E-state index is 5.37. The largest absolute Gasteiger partial charge is 0.496 e. The SMILES string of the molecule is COc1ccccc1CN/N=C/c1cc(C)n(-c2ccc(C)c(Br)c2)c1C. The molecule has 0 bridgehead atoms. The van der Waals surface area contributed by atoms with Crippen LogP contribution in [0.25, 0.3) is 5.69 Å². The molecular weight excluding hydrogens is 402 g/mol. The van der Waals surface area contributed by atoms with Crippen LogP contribution in [0.2, 0.25) is 0 Å². The first kappa shape index (κ1) is 19.2. The lowest BCUT2D eigenvalue weighted by Crippen LogP contribution is -2.07. The second-order valence-electron chi connectivity index (χ2n) is 6.50. The molecule has 0 spiro atoms. The highest BCUT2D eigenvalue weighted by molar-refractivity contribution is 9.10. The molecule has 0 aliphatic heterocycles. The van der Waals surface area contributed by atoms with Crippen molar-refractivity contribution in [2.75, 3.05) is 7.11 Å². The summed E-state index contributed by atoms with van der Waals surface area (Å²) in [6.45, 7) is 6.93. The Kier molecular flexibility index (Phi) is 6.01. The van der Waals surface area contributed by atoms with Crippen LogP contribution in [-0.2, 0) is 6.54 Å². The molecular formula is C22H24BrN3O. The number of benzene rings is 2. The number of methoxy groups -OCH3 is 1. The number of nitrogens with zero attached hydrogens (tertiary/aromatic N) is 2. The predicted octanol–water partition coefficient (Wildman–Crippen LogP) is 5.30. The molecule has 2 aromatic carbocycles. The van der Waals surface area contributed by atoms with Gasteiger partial charge in [0.2, 0.25) is 0 Å². The van der Waals surface area contributed by atoms with Gasteiger partial charge in [-0.05, 0) is 50.6 Å². The van der Waals surface area contributed by atoms with Gasteiger partial charge in [-0.25, -0.2) is 0 Å². The minimum Gasteiger partial charge on any atom is -0.496 e. The van der Waals surface area contributed by atoms with E-state index in [9.17, 15) is 0 Å². The number of hydrogen-bond acceptors (Lipinski definition) is 3. The van der Waals surface area contributed by atoms with E-state index < -0.39 is 0 Å². The molecule has 0 aliphatic carbocycles. The molecule has 27 heavy (non-hydrogen) atoms. The van der Waals surface area contributed by atoms with Crippen molar-refractivity contribution in [3.05, 3.63) is 81.1 Å². The summed E-state index contributed by atoms with van der Waals surface area (Å²) >= 11 is 3.62. The third-order valence-electron chi connectivity index (χ3n) is 4.64. The van der Waals surface area contributed by atoms with Gasteiger partial charge in [-0.3, -0.25) is 0 Å². The van der Waals surface area contributed by atoms with Gasteiger partial charge in [-0.1, -0.05) is 40.2 Å². The molecule has 5 heteroatoms. The maximum Gasteiger partial charge on any atom is 0.123 e. The van der Waals surface area contributed by atoms with Crippen molar-refractivity contribution in [1.29, 1.82) is 0 Å². The number of hydrogen-bond donors (Lipinski definition) is 1. The Morgan fingerprint density at radius 3 is 2.63 bits per heavy atom. The number of rotatable bonds is 6. The van der Waals surface area contributed by atoms with Crippen LogP contribution in [0.4, 0.5) is 0 Å². The summed E-state index contributed by atoms with van der Waals surface area (Å²) < 4.78 is 8.72. The van der Waals surface area contributed by atoms with Crippen molar-refractivity contribution in [2.24, 2.45) is 5.10 Å². The van der Waals surface area contributed by atoms with E-state index in [1.807, 2.05) is 30.5 Å². The van der Waals surface area contributed by atoms with E-state index >= 15 is 0 Å². The van der Waals surface area contributed by atoms with Crippen LogP contribution in [0, 0.1) is 20.8 Å². The van der Waals surface area contributed by atoms with E-state index in [1.165, 1.54) is 11.3 Å². The number of para-hydroxylation sites is 1. The van der Waals surface area contributed by atoms with Gasteiger partial charge in [0.05, 0.1) is 19.9 Å². The Bertz CT molecular complexity index is 976. The molecule has 0 fully saturated rings. The Balaban J connectivity index is 1.76. The summed E-state index contributed by atoms with van der Waals surface area (Å²) in [4.78, 5) is 0. The van der Waals surface area contributed by atoms with Crippen molar-refractivity contribution >= 4 is 22.1 Å². The van der Waals surface area contributed by atoms with Crippen molar-refractivity contribution in [2.45, 2.75) is 27.3 Å². The fourth-order valence-electron chi connectivity index (χ4n) is 3.13. The van der Waals surface area contributed by atoms with Crippen LogP contribution >= 0.6 is 15.9 Å². The summed E-state index contributed by atoms with van der Waals surface area (Å²) in [7, 11) is 1.68. The average Bonchev–Trinajstić information content (AvgIpc) is 2.95. The molecule has 3 aromatic rings. The molecule has 3 rings (SSSR count). The lowest BCUT2D eigenvalue weighted by atomic mass is 10.2. The van der Waals surface area contributed by atoms with Crippen molar-refractivity contribution in [3.63, 3.8) is 0 Å². The highest BCUT2D eigenvalue weighted by atomic mass is 79.9. The molecule has 0 unspecified atom stereocenters. The van der Waals surface area contributed by atoms with Gasteiger partial charge in [0, 0.05) is 32.7 Å². The first-order chi connectivity index (χ1) is 13.0. The van der Waals surface area contributed by atoms with Gasteiger partial charge in [-0.15, -0.1) is 0 Å².